The molecule has 28 heavy (non-hydrogen) atoms. The van der Waals surface area contributed by atoms with Crippen molar-refractivity contribution in [3.05, 3.63) is 23.8 Å². The average molecular weight is 386 g/mol. The number of nitrogens with one attached hydrogen (secondary N) is 1. The quantitative estimate of drug-likeness (QED) is 0.782. The summed E-state index contributed by atoms with van der Waals surface area (Å²) in [7, 11) is 1.59. The molecule has 6 nitrogen and oxygen atoms in total. The first-order chi connectivity index (χ1) is 13.5. The fourth-order valence-electron chi connectivity index (χ4n) is 3.88. The van der Waals surface area contributed by atoms with Crippen LogP contribution in [0.2, 0.25) is 0 Å². The number of rotatable bonds is 7. The van der Waals surface area contributed by atoms with Crippen molar-refractivity contribution in [2.24, 2.45) is 11.8 Å². The molecule has 0 bridgehead atoms. The van der Waals surface area contributed by atoms with Gasteiger partial charge in [-0.25, -0.2) is 0 Å². The zero-order chi connectivity index (χ0) is 19.7. The van der Waals surface area contributed by atoms with Gasteiger partial charge in [-0.1, -0.05) is 0 Å². The van der Waals surface area contributed by atoms with E-state index in [1.165, 1.54) is 12.8 Å². The summed E-state index contributed by atoms with van der Waals surface area (Å²) in [6.07, 6.45) is 6.05. The Labute approximate surface area is 166 Å². The maximum atomic E-state index is 12.8. The molecule has 1 saturated heterocycles. The summed E-state index contributed by atoms with van der Waals surface area (Å²) >= 11 is 0. The first-order valence-electron chi connectivity index (χ1n) is 10.5. The first-order valence-corrected chi connectivity index (χ1v) is 10.5. The van der Waals surface area contributed by atoms with E-state index in [-0.39, 0.29) is 24.0 Å². The zero-order valence-electron chi connectivity index (χ0n) is 16.8. The topological polar surface area (TPSA) is 67.9 Å². The van der Waals surface area contributed by atoms with Gasteiger partial charge < -0.3 is 19.7 Å². The van der Waals surface area contributed by atoms with Crippen LogP contribution in [0.15, 0.2) is 18.2 Å². The molecule has 152 valence electrons. The number of benzene rings is 1. The number of likely N-dealkylation sites (tertiary alicyclic amines) is 1. The average Bonchev–Trinajstić information content (AvgIpc) is 3.60. The highest BCUT2D eigenvalue weighted by atomic mass is 16.5. The van der Waals surface area contributed by atoms with Crippen LogP contribution in [0, 0.1) is 11.8 Å². The summed E-state index contributed by atoms with van der Waals surface area (Å²) in [5.74, 6) is 2.27. The largest absolute Gasteiger partial charge is 0.497 e. The summed E-state index contributed by atoms with van der Waals surface area (Å²) in [6, 6.07) is 5.55. The van der Waals surface area contributed by atoms with E-state index in [1.807, 2.05) is 17.0 Å². The van der Waals surface area contributed by atoms with Gasteiger partial charge in [0.2, 0.25) is 5.91 Å². The second-order valence-electron chi connectivity index (χ2n) is 8.38. The molecule has 0 radical (unpaired) electrons. The van der Waals surface area contributed by atoms with E-state index in [0.717, 1.165) is 38.8 Å². The predicted octanol–water partition coefficient (Wildman–Crippen LogP) is 3.00. The standard InChI is InChI=1S/C22H30N2O4/c1-14(15-3-4-15)23-21(25)19-13-18(27-2)7-8-20(19)28-17-9-11-24(12-10-17)22(26)16-5-6-16/h7-8,13-17H,3-6,9-12H2,1-2H3,(H,23,25). The maximum Gasteiger partial charge on any atom is 0.255 e. The Kier molecular flexibility index (Phi) is 5.47. The van der Waals surface area contributed by atoms with E-state index in [2.05, 4.69) is 12.2 Å². The third-order valence-corrected chi connectivity index (χ3v) is 6.09. The van der Waals surface area contributed by atoms with Gasteiger partial charge in [-0.05, 0) is 56.7 Å². The van der Waals surface area contributed by atoms with Crippen LogP contribution in [0.5, 0.6) is 11.5 Å². The molecule has 1 aromatic rings. The van der Waals surface area contributed by atoms with Crippen LogP contribution in [0.25, 0.3) is 0 Å². The second kappa shape index (κ2) is 8.02. The van der Waals surface area contributed by atoms with Crippen LogP contribution in [0.4, 0.5) is 0 Å². The molecule has 2 saturated carbocycles. The van der Waals surface area contributed by atoms with Gasteiger partial charge in [0.05, 0.1) is 12.7 Å². The van der Waals surface area contributed by atoms with Crippen molar-refractivity contribution in [2.45, 2.75) is 57.6 Å². The number of carbonyl (C=O) groups is 2. The number of piperidine rings is 1. The van der Waals surface area contributed by atoms with Crippen LogP contribution in [0.3, 0.4) is 0 Å². The Morgan fingerprint density at radius 3 is 2.43 bits per heavy atom. The van der Waals surface area contributed by atoms with Gasteiger partial charge in [-0.15, -0.1) is 0 Å². The highest BCUT2D eigenvalue weighted by Crippen LogP contribution is 2.34. The zero-order valence-corrected chi connectivity index (χ0v) is 16.8. The number of ether oxygens (including phenoxy) is 2. The molecule has 1 atom stereocenters. The number of carbonyl (C=O) groups excluding carboxylic acids is 2. The first kappa shape index (κ1) is 19.1. The number of nitrogens with zero attached hydrogens (tertiary/aromatic N) is 1. The normalized spacial score (nSPS) is 21.1. The van der Waals surface area contributed by atoms with E-state index in [0.29, 0.717) is 28.9 Å². The van der Waals surface area contributed by atoms with Gasteiger partial charge in [0.15, 0.2) is 0 Å². The van der Waals surface area contributed by atoms with Gasteiger partial charge in [-0.2, -0.15) is 0 Å². The molecule has 1 aromatic carbocycles. The maximum absolute atomic E-state index is 12.8. The summed E-state index contributed by atoms with van der Waals surface area (Å²) in [4.78, 5) is 27.0. The SMILES string of the molecule is COc1ccc(OC2CCN(C(=O)C3CC3)CC2)c(C(=O)NC(C)C2CC2)c1. The number of hydrogen-bond acceptors (Lipinski definition) is 4. The van der Waals surface area contributed by atoms with Gasteiger partial charge >= 0.3 is 0 Å². The molecule has 0 aromatic heterocycles. The fourth-order valence-corrected chi connectivity index (χ4v) is 3.88. The number of amides is 2. The Balaban J connectivity index is 1.40. The van der Waals surface area contributed by atoms with Crippen LogP contribution in [-0.2, 0) is 4.79 Å². The molecule has 3 aliphatic rings. The highest BCUT2D eigenvalue weighted by molar-refractivity contribution is 5.97. The molecule has 1 aliphatic heterocycles. The number of methoxy groups -OCH3 is 1. The van der Waals surface area contributed by atoms with Gasteiger partial charge in [0.1, 0.15) is 17.6 Å². The van der Waals surface area contributed by atoms with Gasteiger partial charge in [0.25, 0.3) is 5.91 Å². The molecule has 3 fully saturated rings. The molecule has 6 heteroatoms. The Bertz CT molecular complexity index is 734. The summed E-state index contributed by atoms with van der Waals surface area (Å²) in [5, 5.41) is 3.10. The Morgan fingerprint density at radius 1 is 1.11 bits per heavy atom. The second-order valence-corrected chi connectivity index (χ2v) is 8.38. The van der Waals surface area contributed by atoms with Gasteiger partial charge in [0, 0.05) is 37.9 Å². The van der Waals surface area contributed by atoms with E-state index >= 15 is 0 Å². The molecule has 2 amide bonds. The lowest BCUT2D eigenvalue weighted by Gasteiger charge is -2.32. The summed E-state index contributed by atoms with van der Waals surface area (Å²) < 4.78 is 11.5. The number of hydrogen-bond donors (Lipinski definition) is 1. The molecule has 1 N–H and O–H groups in total. The molecular weight excluding hydrogens is 356 g/mol. The van der Waals surface area contributed by atoms with E-state index in [1.54, 1.807) is 13.2 Å². The van der Waals surface area contributed by atoms with Crippen molar-refractivity contribution in [3.63, 3.8) is 0 Å². The highest BCUT2D eigenvalue weighted by Gasteiger charge is 2.35. The van der Waals surface area contributed by atoms with E-state index < -0.39 is 0 Å². The third kappa shape index (κ3) is 4.42. The van der Waals surface area contributed by atoms with Crippen LogP contribution < -0.4 is 14.8 Å². The summed E-state index contributed by atoms with van der Waals surface area (Å²) in [5.41, 5.74) is 0.517. The Hall–Kier alpha value is -2.24. The summed E-state index contributed by atoms with van der Waals surface area (Å²) in [6.45, 7) is 3.52. The molecule has 1 unspecified atom stereocenters. The molecule has 4 rings (SSSR count). The molecule has 1 heterocycles. The van der Waals surface area contributed by atoms with Crippen molar-refractivity contribution < 1.29 is 19.1 Å². The van der Waals surface area contributed by atoms with Crippen LogP contribution >= 0.6 is 0 Å². The minimum atomic E-state index is -0.116. The van der Waals surface area contributed by atoms with Crippen molar-refractivity contribution in [3.8, 4) is 11.5 Å². The smallest absolute Gasteiger partial charge is 0.255 e. The predicted molar refractivity (Wildman–Crippen MR) is 106 cm³/mol. The molecule has 2 aliphatic carbocycles. The lowest BCUT2D eigenvalue weighted by atomic mass is 10.1. The van der Waals surface area contributed by atoms with E-state index in [9.17, 15) is 9.59 Å². The van der Waals surface area contributed by atoms with Crippen molar-refractivity contribution in [1.29, 1.82) is 0 Å². The minimum absolute atomic E-state index is 0.0176. The van der Waals surface area contributed by atoms with Crippen molar-refractivity contribution in [2.75, 3.05) is 20.2 Å². The molecular formula is C22H30N2O4. The minimum Gasteiger partial charge on any atom is -0.497 e. The van der Waals surface area contributed by atoms with Crippen molar-refractivity contribution in [1.82, 2.24) is 10.2 Å². The van der Waals surface area contributed by atoms with Gasteiger partial charge in [-0.3, -0.25) is 9.59 Å². The van der Waals surface area contributed by atoms with E-state index in [4.69, 9.17) is 9.47 Å². The Morgan fingerprint density at radius 2 is 1.82 bits per heavy atom. The monoisotopic (exact) mass is 386 g/mol. The lowest BCUT2D eigenvalue weighted by molar-refractivity contribution is -0.134. The fraction of sp³-hybridized carbons (Fsp3) is 0.636. The van der Waals surface area contributed by atoms with Crippen molar-refractivity contribution >= 4 is 11.8 Å². The molecule has 0 spiro atoms. The van der Waals surface area contributed by atoms with Crippen LogP contribution in [-0.4, -0.2) is 49.1 Å². The lowest BCUT2D eigenvalue weighted by Crippen LogP contribution is -2.42. The van der Waals surface area contributed by atoms with Crippen LogP contribution in [0.1, 0.15) is 55.8 Å². The third-order valence-electron chi connectivity index (χ3n) is 6.09.